The van der Waals surface area contributed by atoms with Gasteiger partial charge in [-0.05, 0) is 29.0 Å². The van der Waals surface area contributed by atoms with Crippen LogP contribution in [-0.4, -0.2) is 9.97 Å². The van der Waals surface area contributed by atoms with Gasteiger partial charge in [0.1, 0.15) is 0 Å². The summed E-state index contributed by atoms with van der Waals surface area (Å²) in [5.74, 6) is 1.08. The van der Waals surface area contributed by atoms with Crippen LogP contribution in [0.4, 0.5) is 5.95 Å². The molecule has 5 heteroatoms. The van der Waals surface area contributed by atoms with E-state index < -0.39 is 0 Å². The van der Waals surface area contributed by atoms with Gasteiger partial charge in [-0.25, -0.2) is 9.97 Å². The fourth-order valence-electron chi connectivity index (χ4n) is 1.40. The van der Waals surface area contributed by atoms with Gasteiger partial charge in [0, 0.05) is 18.4 Å². The molecule has 0 fully saturated rings. The molecule has 0 unspecified atom stereocenters. The third-order valence-corrected chi connectivity index (χ3v) is 3.48. The Kier molecular flexibility index (Phi) is 3.97. The number of nitrogens with zero attached hydrogens (tertiary/aromatic N) is 2. The van der Waals surface area contributed by atoms with Crippen LogP contribution in [0.1, 0.15) is 31.0 Å². The summed E-state index contributed by atoms with van der Waals surface area (Å²) in [4.78, 5) is 8.63. The molecule has 0 amide bonds. The van der Waals surface area contributed by atoms with Crippen molar-refractivity contribution < 1.29 is 0 Å². The number of nitrogens with one attached hydrogen (secondary N) is 1. The fraction of sp³-hybridized carbons (Fsp3) is 0.333. The van der Waals surface area contributed by atoms with Crippen LogP contribution < -0.4 is 5.32 Å². The average molecular weight is 268 g/mol. The number of hydrogen-bond acceptors (Lipinski definition) is 4. The SMILES string of the molecule is CC(C)c1ccnc(NCc2csc(Cl)c2)n1. The van der Waals surface area contributed by atoms with E-state index in [2.05, 4.69) is 29.1 Å². The second-order valence-electron chi connectivity index (χ2n) is 4.07. The molecular weight excluding hydrogens is 254 g/mol. The summed E-state index contributed by atoms with van der Waals surface area (Å²) in [6.45, 7) is 4.93. The smallest absolute Gasteiger partial charge is 0.223 e. The molecule has 2 aromatic heterocycles. The molecule has 0 saturated carbocycles. The van der Waals surface area contributed by atoms with Crippen molar-refractivity contribution in [2.75, 3.05) is 5.32 Å². The second-order valence-corrected chi connectivity index (χ2v) is 5.61. The van der Waals surface area contributed by atoms with E-state index >= 15 is 0 Å². The Labute approximate surface area is 110 Å². The van der Waals surface area contributed by atoms with Crippen molar-refractivity contribution in [3.8, 4) is 0 Å². The van der Waals surface area contributed by atoms with Crippen molar-refractivity contribution in [1.82, 2.24) is 9.97 Å². The molecule has 3 nitrogen and oxygen atoms in total. The predicted octanol–water partition coefficient (Wildman–Crippen LogP) is 3.93. The van der Waals surface area contributed by atoms with E-state index in [9.17, 15) is 0 Å². The summed E-state index contributed by atoms with van der Waals surface area (Å²) in [6, 6.07) is 3.89. The zero-order chi connectivity index (χ0) is 12.3. The third kappa shape index (κ3) is 3.41. The minimum absolute atomic E-state index is 0.411. The van der Waals surface area contributed by atoms with E-state index in [1.165, 1.54) is 11.3 Å². The van der Waals surface area contributed by atoms with Gasteiger partial charge in [-0.15, -0.1) is 11.3 Å². The maximum atomic E-state index is 5.87. The normalized spacial score (nSPS) is 10.8. The van der Waals surface area contributed by atoms with Crippen LogP contribution in [-0.2, 0) is 6.54 Å². The molecule has 2 heterocycles. The first-order valence-corrected chi connectivity index (χ1v) is 6.70. The van der Waals surface area contributed by atoms with Gasteiger partial charge in [0.05, 0.1) is 4.34 Å². The molecule has 90 valence electrons. The molecule has 0 aliphatic heterocycles. The number of aromatic nitrogens is 2. The molecule has 0 aliphatic carbocycles. The van der Waals surface area contributed by atoms with Gasteiger partial charge in [-0.1, -0.05) is 25.4 Å². The van der Waals surface area contributed by atoms with Crippen molar-refractivity contribution in [3.05, 3.63) is 39.3 Å². The van der Waals surface area contributed by atoms with E-state index in [1.54, 1.807) is 6.20 Å². The van der Waals surface area contributed by atoms with Gasteiger partial charge in [0.25, 0.3) is 0 Å². The zero-order valence-corrected chi connectivity index (χ0v) is 11.3. The van der Waals surface area contributed by atoms with Gasteiger partial charge in [0.2, 0.25) is 5.95 Å². The quantitative estimate of drug-likeness (QED) is 0.912. The first kappa shape index (κ1) is 12.3. The van der Waals surface area contributed by atoms with Gasteiger partial charge >= 0.3 is 0 Å². The van der Waals surface area contributed by atoms with Gasteiger partial charge in [-0.3, -0.25) is 0 Å². The lowest BCUT2D eigenvalue weighted by molar-refractivity contribution is 0.813. The number of halogens is 1. The van der Waals surface area contributed by atoms with Crippen LogP contribution in [0.3, 0.4) is 0 Å². The van der Waals surface area contributed by atoms with E-state index in [-0.39, 0.29) is 0 Å². The number of rotatable bonds is 4. The lowest BCUT2D eigenvalue weighted by Crippen LogP contribution is -2.04. The average Bonchev–Trinajstić information content (AvgIpc) is 2.73. The monoisotopic (exact) mass is 267 g/mol. The Morgan fingerprint density at radius 3 is 2.94 bits per heavy atom. The van der Waals surface area contributed by atoms with Crippen LogP contribution in [0.15, 0.2) is 23.7 Å². The van der Waals surface area contributed by atoms with Crippen molar-refractivity contribution in [3.63, 3.8) is 0 Å². The maximum absolute atomic E-state index is 5.87. The number of thiophene rings is 1. The highest BCUT2D eigenvalue weighted by atomic mass is 35.5. The molecule has 1 N–H and O–H groups in total. The summed E-state index contributed by atoms with van der Waals surface area (Å²) >= 11 is 7.40. The first-order chi connectivity index (χ1) is 8.15. The van der Waals surface area contributed by atoms with Crippen LogP contribution in [0, 0.1) is 0 Å². The van der Waals surface area contributed by atoms with E-state index in [0.29, 0.717) is 18.4 Å². The van der Waals surface area contributed by atoms with Gasteiger partial charge in [-0.2, -0.15) is 0 Å². The third-order valence-electron chi connectivity index (χ3n) is 2.34. The summed E-state index contributed by atoms with van der Waals surface area (Å²) < 4.78 is 0.804. The molecule has 17 heavy (non-hydrogen) atoms. The molecule has 0 bridgehead atoms. The van der Waals surface area contributed by atoms with Crippen molar-refractivity contribution in [2.45, 2.75) is 26.3 Å². The second kappa shape index (κ2) is 5.47. The molecular formula is C12H14ClN3S. The molecule has 0 saturated heterocycles. The van der Waals surface area contributed by atoms with E-state index in [1.807, 2.05) is 17.5 Å². The van der Waals surface area contributed by atoms with Crippen molar-refractivity contribution in [1.29, 1.82) is 0 Å². The highest BCUT2D eigenvalue weighted by molar-refractivity contribution is 7.14. The lowest BCUT2D eigenvalue weighted by atomic mass is 10.1. The minimum atomic E-state index is 0.411. The summed E-state index contributed by atoms with van der Waals surface area (Å²) in [5, 5.41) is 5.22. The lowest BCUT2D eigenvalue weighted by Gasteiger charge is -2.07. The summed E-state index contributed by atoms with van der Waals surface area (Å²) in [6.07, 6.45) is 1.78. The standard InChI is InChI=1S/C12H14ClN3S/c1-8(2)10-3-4-14-12(16-10)15-6-9-5-11(13)17-7-9/h3-5,7-8H,6H2,1-2H3,(H,14,15,16). The summed E-state index contributed by atoms with van der Waals surface area (Å²) in [7, 11) is 0. The molecule has 0 atom stereocenters. The molecule has 0 aliphatic rings. The van der Waals surface area contributed by atoms with Gasteiger partial charge in [0.15, 0.2) is 0 Å². The van der Waals surface area contributed by atoms with Crippen LogP contribution in [0.5, 0.6) is 0 Å². The Morgan fingerprint density at radius 1 is 1.47 bits per heavy atom. The molecule has 2 rings (SSSR count). The Bertz CT molecular complexity index is 496. The highest BCUT2D eigenvalue weighted by Crippen LogP contribution is 2.20. The van der Waals surface area contributed by atoms with E-state index in [0.717, 1.165) is 15.6 Å². The highest BCUT2D eigenvalue weighted by Gasteiger charge is 2.03. The van der Waals surface area contributed by atoms with E-state index in [4.69, 9.17) is 11.6 Å². The fourth-order valence-corrected chi connectivity index (χ4v) is 2.31. The number of anilines is 1. The molecule has 0 aromatic carbocycles. The molecule has 0 spiro atoms. The molecule has 0 radical (unpaired) electrons. The Hall–Kier alpha value is -1.13. The Balaban J connectivity index is 2.01. The van der Waals surface area contributed by atoms with Crippen LogP contribution in [0.2, 0.25) is 4.34 Å². The van der Waals surface area contributed by atoms with Crippen LogP contribution in [0.25, 0.3) is 0 Å². The summed E-state index contributed by atoms with van der Waals surface area (Å²) in [5.41, 5.74) is 2.20. The maximum Gasteiger partial charge on any atom is 0.223 e. The number of hydrogen-bond donors (Lipinski definition) is 1. The van der Waals surface area contributed by atoms with Crippen LogP contribution >= 0.6 is 22.9 Å². The minimum Gasteiger partial charge on any atom is -0.350 e. The zero-order valence-electron chi connectivity index (χ0n) is 9.77. The van der Waals surface area contributed by atoms with Crippen molar-refractivity contribution >= 4 is 28.9 Å². The van der Waals surface area contributed by atoms with Crippen molar-refractivity contribution in [2.24, 2.45) is 0 Å². The largest absolute Gasteiger partial charge is 0.350 e. The first-order valence-electron chi connectivity index (χ1n) is 5.45. The predicted molar refractivity (Wildman–Crippen MR) is 72.8 cm³/mol. The topological polar surface area (TPSA) is 37.8 Å². The van der Waals surface area contributed by atoms with Gasteiger partial charge < -0.3 is 5.32 Å². The molecule has 2 aromatic rings. The Morgan fingerprint density at radius 2 is 2.29 bits per heavy atom.